The molecule has 0 unspecified atom stereocenters. The van der Waals surface area contributed by atoms with Crippen LogP contribution in [0.5, 0.6) is 0 Å². The van der Waals surface area contributed by atoms with Gasteiger partial charge in [0.25, 0.3) is 0 Å². The fourth-order valence-corrected chi connectivity index (χ4v) is 4.37. The number of aromatic carboxylic acids is 1. The Morgan fingerprint density at radius 3 is 2.48 bits per heavy atom. The molecule has 0 amide bonds. The molecule has 4 heterocycles. The molecule has 31 heavy (non-hydrogen) atoms. The lowest BCUT2D eigenvalue weighted by Gasteiger charge is -2.33. The standard InChI is InChI=1S/C20H15F3N4O3.ClH/c21-9-1-2-15(13(22)3-9)26-7-12(19(29)30)16(28)11-4-14(23)18(25-17(11)26)27-8-20(24)5-10(27)6-20;/h1-4,7,10H,5-6,8,24H2,(H,29,30);1H. The van der Waals surface area contributed by atoms with Crippen LogP contribution in [0.25, 0.3) is 16.7 Å². The molecule has 1 saturated carbocycles. The van der Waals surface area contributed by atoms with E-state index in [0.29, 0.717) is 25.5 Å². The number of nitrogens with zero attached hydrogens (tertiary/aromatic N) is 3. The first-order valence-corrected chi connectivity index (χ1v) is 9.17. The second-order valence-electron chi connectivity index (χ2n) is 7.86. The fraction of sp³-hybridized carbons (Fsp3) is 0.250. The lowest BCUT2D eigenvalue weighted by Crippen LogP contribution is -2.48. The normalized spacial score (nSPS) is 21.7. The molecule has 162 valence electrons. The first kappa shape index (κ1) is 21.1. The third-order valence-corrected chi connectivity index (χ3v) is 5.80. The molecule has 6 rings (SSSR count). The van der Waals surface area contributed by atoms with E-state index < -0.39 is 40.0 Å². The molecule has 2 bridgehead atoms. The number of carbonyl (C=O) groups is 1. The van der Waals surface area contributed by atoms with Gasteiger partial charge in [-0.2, -0.15) is 0 Å². The Bertz CT molecular complexity index is 1310. The van der Waals surface area contributed by atoms with Crippen molar-refractivity contribution in [2.75, 3.05) is 11.4 Å². The van der Waals surface area contributed by atoms with E-state index in [1.165, 1.54) is 0 Å². The first-order chi connectivity index (χ1) is 14.2. The van der Waals surface area contributed by atoms with Crippen LogP contribution < -0.4 is 16.1 Å². The van der Waals surface area contributed by atoms with E-state index in [-0.39, 0.29) is 41.0 Å². The van der Waals surface area contributed by atoms with Crippen LogP contribution in [0.1, 0.15) is 23.2 Å². The number of halogens is 4. The predicted octanol–water partition coefficient (Wildman–Crippen LogP) is 2.60. The molecule has 7 nitrogen and oxygen atoms in total. The molecule has 3 aliphatic rings. The van der Waals surface area contributed by atoms with Crippen molar-refractivity contribution in [3.8, 4) is 5.69 Å². The Kier molecular flexibility index (Phi) is 4.74. The van der Waals surface area contributed by atoms with Crippen LogP contribution in [0.2, 0.25) is 0 Å². The lowest BCUT2D eigenvalue weighted by atomic mass is 9.79. The van der Waals surface area contributed by atoms with E-state index in [2.05, 4.69) is 4.98 Å². The molecule has 3 aromatic rings. The van der Waals surface area contributed by atoms with E-state index in [0.717, 1.165) is 29.0 Å². The molecule has 11 heteroatoms. The molecule has 1 aliphatic carbocycles. The van der Waals surface area contributed by atoms with Crippen LogP contribution in [0, 0.1) is 17.5 Å². The van der Waals surface area contributed by atoms with E-state index in [1.54, 1.807) is 4.90 Å². The molecular formula is C20H16ClF3N4O3. The van der Waals surface area contributed by atoms with Gasteiger partial charge in [-0.3, -0.25) is 9.36 Å². The maximum Gasteiger partial charge on any atom is 0.341 e. The molecule has 0 spiro atoms. The molecule has 2 aromatic heterocycles. The number of fused-ring (bicyclic) bond motifs is 2. The summed E-state index contributed by atoms with van der Waals surface area (Å²) in [5, 5.41) is 9.05. The van der Waals surface area contributed by atoms with Gasteiger partial charge in [0.15, 0.2) is 17.3 Å². The maximum absolute atomic E-state index is 14.9. The van der Waals surface area contributed by atoms with Gasteiger partial charge >= 0.3 is 5.97 Å². The number of hydrogen-bond acceptors (Lipinski definition) is 5. The smallest absolute Gasteiger partial charge is 0.341 e. The maximum atomic E-state index is 14.9. The summed E-state index contributed by atoms with van der Waals surface area (Å²) in [5.74, 6) is -4.23. The van der Waals surface area contributed by atoms with Crippen molar-refractivity contribution in [3.63, 3.8) is 0 Å². The topological polar surface area (TPSA) is 101 Å². The number of anilines is 1. The van der Waals surface area contributed by atoms with Gasteiger partial charge in [0.2, 0.25) is 5.43 Å². The number of carboxylic acids is 1. The molecule has 2 saturated heterocycles. The summed E-state index contributed by atoms with van der Waals surface area (Å²) in [6, 6.07) is 3.61. The second-order valence-corrected chi connectivity index (χ2v) is 7.86. The third kappa shape index (κ3) is 3.14. The van der Waals surface area contributed by atoms with Gasteiger partial charge in [-0.15, -0.1) is 12.4 Å². The van der Waals surface area contributed by atoms with E-state index in [1.807, 2.05) is 0 Å². The molecule has 3 fully saturated rings. The lowest BCUT2D eigenvalue weighted by molar-refractivity contribution is 0.0695. The molecule has 1 aromatic carbocycles. The van der Waals surface area contributed by atoms with Crippen molar-refractivity contribution in [3.05, 3.63) is 63.7 Å². The highest BCUT2D eigenvalue weighted by molar-refractivity contribution is 5.92. The van der Waals surface area contributed by atoms with Crippen molar-refractivity contribution in [1.82, 2.24) is 9.55 Å². The Labute approximate surface area is 179 Å². The monoisotopic (exact) mass is 452 g/mol. The summed E-state index contributed by atoms with van der Waals surface area (Å²) >= 11 is 0. The summed E-state index contributed by atoms with van der Waals surface area (Å²) in [4.78, 5) is 30.1. The summed E-state index contributed by atoms with van der Waals surface area (Å²) in [6.07, 6.45) is 2.28. The highest BCUT2D eigenvalue weighted by atomic mass is 35.5. The second kappa shape index (κ2) is 6.96. The fourth-order valence-electron chi connectivity index (χ4n) is 4.37. The van der Waals surface area contributed by atoms with Crippen LogP contribution in [0.4, 0.5) is 19.0 Å². The zero-order valence-corrected chi connectivity index (χ0v) is 16.6. The van der Waals surface area contributed by atoms with E-state index in [4.69, 9.17) is 5.73 Å². The molecule has 3 N–H and O–H groups in total. The number of pyridine rings is 2. The van der Waals surface area contributed by atoms with Crippen LogP contribution in [-0.4, -0.2) is 38.8 Å². The number of aromatic nitrogens is 2. The average Bonchev–Trinajstić information content (AvgIpc) is 3.15. The summed E-state index contributed by atoms with van der Waals surface area (Å²) < 4.78 is 43.8. The van der Waals surface area contributed by atoms with Gasteiger partial charge in [0.05, 0.1) is 11.1 Å². The number of nitrogens with two attached hydrogens (primary N) is 1. The van der Waals surface area contributed by atoms with Gasteiger partial charge in [-0.05, 0) is 31.0 Å². The van der Waals surface area contributed by atoms with Gasteiger partial charge < -0.3 is 15.7 Å². The number of benzene rings is 1. The highest BCUT2D eigenvalue weighted by Gasteiger charge is 2.53. The van der Waals surface area contributed by atoms with E-state index >= 15 is 0 Å². The summed E-state index contributed by atoms with van der Waals surface area (Å²) in [7, 11) is 0. The van der Waals surface area contributed by atoms with Crippen LogP contribution in [0.3, 0.4) is 0 Å². The van der Waals surface area contributed by atoms with Crippen LogP contribution >= 0.6 is 12.4 Å². The Balaban J connectivity index is 0.00000231. The third-order valence-electron chi connectivity index (χ3n) is 5.80. The zero-order valence-electron chi connectivity index (χ0n) is 15.8. The van der Waals surface area contributed by atoms with Crippen molar-refractivity contribution in [2.45, 2.75) is 24.4 Å². The SMILES string of the molecule is Cl.NC12CC(C1)N(c1nc3c(cc1F)c(=O)c(C(=O)O)cn3-c1ccc(F)cc1F)C2. The van der Waals surface area contributed by atoms with Gasteiger partial charge in [-0.25, -0.2) is 22.9 Å². The van der Waals surface area contributed by atoms with Gasteiger partial charge in [0.1, 0.15) is 17.2 Å². The highest BCUT2D eigenvalue weighted by Crippen LogP contribution is 2.45. The first-order valence-electron chi connectivity index (χ1n) is 9.17. The minimum absolute atomic E-state index is 0. The molecule has 0 atom stereocenters. The van der Waals surface area contributed by atoms with Crippen LogP contribution in [-0.2, 0) is 0 Å². The molecule has 0 radical (unpaired) electrons. The summed E-state index contributed by atoms with van der Waals surface area (Å²) in [5.41, 5.74) is 3.75. The largest absolute Gasteiger partial charge is 0.477 e. The summed E-state index contributed by atoms with van der Waals surface area (Å²) in [6.45, 7) is 0.384. The zero-order chi connectivity index (χ0) is 21.4. The minimum atomic E-state index is -1.56. The van der Waals surface area contributed by atoms with Crippen molar-refractivity contribution >= 4 is 35.2 Å². The van der Waals surface area contributed by atoms with Crippen molar-refractivity contribution in [2.24, 2.45) is 5.73 Å². The number of hydrogen-bond donors (Lipinski definition) is 2. The van der Waals surface area contributed by atoms with E-state index in [9.17, 15) is 27.9 Å². The number of rotatable bonds is 3. The van der Waals surface area contributed by atoms with Crippen molar-refractivity contribution < 1.29 is 23.1 Å². The predicted molar refractivity (Wildman–Crippen MR) is 109 cm³/mol. The molecular weight excluding hydrogens is 437 g/mol. The quantitative estimate of drug-likeness (QED) is 0.633. The van der Waals surface area contributed by atoms with Gasteiger partial charge in [0, 0.05) is 30.4 Å². The van der Waals surface area contributed by atoms with Gasteiger partial charge in [-0.1, -0.05) is 0 Å². The minimum Gasteiger partial charge on any atom is -0.477 e. The number of carboxylic acid groups (broad SMARTS) is 1. The van der Waals surface area contributed by atoms with Crippen molar-refractivity contribution in [1.29, 1.82) is 0 Å². The Morgan fingerprint density at radius 2 is 1.90 bits per heavy atom. The Morgan fingerprint density at radius 1 is 1.19 bits per heavy atom. The van der Waals surface area contributed by atoms with Crippen LogP contribution in [0.15, 0.2) is 35.3 Å². The molecule has 2 aliphatic heterocycles. The average molecular weight is 453 g/mol. The Hall–Kier alpha value is -3.11.